The number of carbonyl (C=O) groups excluding carboxylic acids is 2. The molecule has 3 heterocycles. The largest absolute Gasteiger partial charge is 0.486 e. The summed E-state index contributed by atoms with van der Waals surface area (Å²) in [6.07, 6.45) is 5.55. The fourth-order valence-corrected chi connectivity index (χ4v) is 4.83. The highest BCUT2D eigenvalue weighted by atomic mass is 35.5. The van der Waals surface area contributed by atoms with Crippen LogP contribution < -0.4 is 15.8 Å². The first-order valence-corrected chi connectivity index (χ1v) is 12.9. The van der Waals surface area contributed by atoms with E-state index in [-0.39, 0.29) is 17.9 Å². The predicted octanol–water partition coefficient (Wildman–Crippen LogP) is 3.52. The van der Waals surface area contributed by atoms with E-state index >= 15 is 0 Å². The lowest BCUT2D eigenvalue weighted by molar-refractivity contribution is -0.134. The molecule has 0 spiro atoms. The monoisotopic (exact) mass is 532 g/mol. The zero-order valence-corrected chi connectivity index (χ0v) is 21.6. The maximum absolute atomic E-state index is 12.5. The summed E-state index contributed by atoms with van der Waals surface area (Å²) >= 11 is 6.57. The van der Waals surface area contributed by atoms with Crippen LogP contribution in [0.4, 0.5) is 5.82 Å². The van der Waals surface area contributed by atoms with Crippen molar-refractivity contribution < 1.29 is 19.1 Å². The van der Waals surface area contributed by atoms with Crippen LogP contribution in [0.1, 0.15) is 16.7 Å². The first-order valence-electron chi connectivity index (χ1n) is 12.6. The Morgan fingerprint density at radius 3 is 2.63 bits per heavy atom. The normalized spacial score (nSPS) is 16.8. The van der Waals surface area contributed by atoms with Crippen molar-refractivity contribution in [2.75, 3.05) is 38.6 Å². The SMILES string of the molecule is Nc1ccc(C=CC(=O)NCC2Cc3cc(-c4ccc(CC(=O)N5CCOCC5)cc4)cc(Cl)c3O2)cn1. The Labute approximate surface area is 226 Å². The van der Waals surface area contributed by atoms with E-state index in [1.54, 1.807) is 24.4 Å². The van der Waals surface area contributed by atoms with E-state index in [1.807, 2.05) is 35.2 Å². The number of nitrogens with two attached hydrogens (primary N) is 1. The number of rotatable bonds is 7. The van der Waals surface area contributed by atoms with Gasteiger partial charge < -0.3 is 25.4 Å². The van der Waals surface area contributed by atoms with E-state index in [9.17, 15) is 9.59 Å². The van der Waals surface area contributed by atoms with Crippen molar-refractivity contribution in [2.45, 2.75) is 18.9 Å². The lowest BCUT2D eigenvalue weighted by atomic mass is 9.99. The summed E-state index contributed by atoms with van der Waals surface area (Å²) in [5.74, 6) is 0.986. The molecule has 9 heteroatoms. The molecule has 38 heavy (non-hydrogen) atoms. The molecule has 0 saturated carbocycles. The fraction of sp³-hybridized carbons (Fsp3) is 0.276. The van der Waals surface area contributed by atoms with Crippen LogP contribution in [0.25, 0.3) is 17.2 Å². The van der Waals surface area contributed by atoms with Crippen molar-refractivity contribution in [3.8, 4) is 16.9 Å². The molecule has 5 rings (SSSR count). The molecule has 1 atom stereocenters. The molecule has 1 fully saturated rings. The maximum atomic E-state index is 12.5. The number of carbonyl (C=O) groups is 2. The molecule has 3 aromatic rings. The molecule has 196 valence electrons. The van der Waals surface area contributed by atoms with Gasteiger partial charge in [-0.1, -0.05) is 35.9 Å². The van der Waals surface area contributed by atoms with Gasteiger partial charge in [0, 0.05) is 37.3 Å². The van der Waals surface area contributed by atoms with Gasteiger partial charge in [0.1, 0.15) is 17.7 Å². The van der Waals surface area contributed by atoms with Crippen LogP contribution in [-0.4, -0.2) is 60.7 Å². The molecule has 0 aliphatic carbocycles. The minimum Gasteiger partial charge on any atom is -0.486 e. The third kappa shape index (κ3) is 6.33. The van der Waals surface area contributed by atoms with Gasteiger partial charge in [0.2, 0.25) is 11.8 Å². The standard InChI is InChI=1S/C29H29ClN4O4/c30-25-16-22(21-5-1-19(2-6-21)13-28(36)34-9-11-37-12-10-34)14-23-15-24(38-29(23)25)18-33-27(35)8-4-20-3-7-26(31)32-17-20/h1-8,14,16-17,24H,9-13,15,18H2,(H2,31,32)(H,33,35). The number of hydrogen-bond donors (Lipinski definition) is 2. The van der Waals surface area contributed by atoms with Crippen LogP contribution in [0.3, 0.4) is 0 Å². The number of aromatic nitrogens is 1. The predicted molar refractivity (Wildman–Crippen MR) is 147 cm³/mol. The molecule has 1 saturated heterocycles. The van der Waals surface area contributed by atoms with E-state index in [4.69, 9.17) is 26.8 Å². The summed E-state index contributed by atoms with van der Waals surface area (Å²) in [6, 6.07) is 15.4. The third-order valence-corrected chi connectivity index (χ3v) is 6.88. The second-order valence-electron chi connectivity index (χ2n) is 9.35. The minimum atomic E-state index is -0.222. The zero-order chi connectivity index (χ0) is 26.5. The molecular formula is C29H29ClN4O4. The number of halogens is 1. The van der Waals surface area contributed by atoms with E-state index in [2.05, 4.69) is 16.4 Å². The minimum absolute atomic E-state index is 0.120. The number of benzene rings is 2. The molecule has 3 N–H and O–H groups in total. The van der Waals surface area contributed by atoms with Crippen molar-refractivity contribution in [1.82, 2.24) is 15.2 Å². The number of amides is 2. The fourth-order valence-electron chi connectivity index (χ4n) is 4.54. The molecular weight excluding hydrogens is 504 g/mol. The average molecular weight is 533 g/mol. The first-order chi connectivity index (χ1) is 18.4. The van der Waals surface area contributed by atoms with Crippen LogP contribution >= 0.6 is 11.6 Å². The van der Waals surface area contributed by atoms with Gasteiger partial charge in [0.15, 0.2) is 0 Å². The summed E-state index contributed by atoms with van der Waals surface area (Å²) in [4.78, 5) is 30.6. The Morgan fingerprint density at radius 2 is 1.89 bits per heavy atom. The maximum Gasteiger partial charge on any atom is 0.244 e. The lowest BCUT2D eigenvalue weighted by Crippen LogP contribution is -2.41. The first kappa shape index (κ1) is 25.8. The smallest absolute Gasteiger partial charge is 0.244 e. The highest BCUT2D eigenvalue weighted by Crippen LogP contribution is 2.39. The summed E-state index contributed by atoms with van der Waals surface area (Å²) in [7, 11) is 0. The van der Waals surface area contributed by atoms with E-state index in [0.717, 1.165) is 27.8 Å². The third-order valence-electron chi connectivity index (χ3n) is 6.60. The molecule has 2 amide bonds. The Morgan fingerprint density at radius 1 is 1.11 bits per heavy atom. The number of nitrogen functional groups attached to an aromatic ring is 1. The molecule has 2 aliphatic rings. The van der Waals surface area contributed by atoms with Gasteiger partial charge >= 0.3 is 0 Å². The molecule has 2 aromatic carbocycles. The number of ether oxygens (including phenoxy) is 2. The molecule has 8 nitrogen and oxygen atoms in total. The van der Waals surface area contributed by atoms with Gasteiger partial charge in [-0.25, -0.2) is 4.98 Å². The number of nitrogens with one attached hydrogen (secondary N) is 1. The van der Waals surface area contributed by atoms with Gasteiger partial charge in [0.05, 0.1) is 31.2 Å². The Hall–Kier alpha value is -3.88. The number of hydrogen-bond acceptors (Lipinski definition) is 6. The average Bonchev–Trinajstić information content (AvgIpc) is 3.36. The van der Waals surface area contributed by atoms with Gasteiger partial charge in [-0.15, -0.1) is 0 Å². The number of anilines is 1. The van der Waals surface area contributed by atoms with Gasteiger partial charge in [-0.3, -0.25) is 9.59 Å². The van der Waals surface area contributed by atoms with Crippen molar-refractivity contribution in [3.05, 3.63) is 82.5 Å². The number of fused-ring (bicyclic) bond motifs is 1. The van der Waals surface area contributed by atoms with Gasteiger partial charge in [0.25, 0.3) is 0 Å². The van der Waals surface area contributed by atoms with Crippen LogP contribution in [0.5, 0.6) is 5.75 Å². The summed E-state index contributed by atoms with van der Waals surface area (Å²) in [6.45, 7) is 2.85. The zero-order valence-electron chi connectivity index (χ0n) is 20.9. The summed E-state index contributed by atoms with van der Waals surface area (Å²) < 4.78 is 11.4. The molecule has 0 bridgehead atoms. The van der Waals surface area contributed by atoms with Crippen molar-refractivity contribution in [1.29, 1.82) is 0 Å². The van der Waals surface area contributed by atoms with Crippen LogP contribution in [0, 0.1) is 0 Å². The Kier molecular flexibility index (Phi) is 7.91. The topological polar surface area (TPSA) is 107 Å². The quantitative estimate of drug-likeness (QED) is 0.451. The van der Waals surface area contributed by atoms with Crippen LogP contribution in [0.2, 0.25) is 5.02 Å². The number of pyridine rings is 1. The number of morpholine rings is 1. The molecule has 2 aliphatic heterocycles. The summed E-state index contributed by atoms with van der Waals surface area (Å²) in [5, 5.41) is 3.41. The molecule has 0 radical (unpaired) electrons. The van der Waals surface area contributed by atoms with E-state index < -0.39 is 0 Å². The van der Waals surface area contributed by atoms with E-state index in [0.29, 0.717) is 62.3 Å². The molecule has 1 aromatic heterocycles. The van der Waals surface area contributed by atoms with Crippen molar-refractivity contribution in [2.24, 2.45) is 0 Å². The van der Waals surface area contributed by atoms with Crippen molar-refractivity contribution in [3.63, 3.8) is 0 Å². The second-order valence-corrected chi connectivity index (χ2v) is 9.76. The lowest BCUT2D eigenvalue weighted by Gasteiger charge is -2.26. The highest BCUT2D eigenvalue weighted by molar-refractivity contribution is 6.32. The van der Waals surface area contributed by atoms with Gasteiger partial charge in [-0.2, -0.15) is 0 Å². The number of nitrogens with zero attached hydrogens (tertiary/aromatic N) is 2. The Balaban J connectivity index is 1.17. The van der Waals surface area contributed by atoms with Crippen LogP contribution in [0.15, 0.2) is 60.8 Å². The highest BCUT2D eigenvalue weighted by Gasteiger charge is 2.26. The Bertz CT molecular complexity index is 1340. The van der Waals surface area contributed by atoms with Crippen molar-refractivity contribution >= 4 is 35.3 Å². The van der Waals surface area contributed by atoms with E-state index in [1.165, 1.54) is 6.08 Å². The molecule has 1 unspecified atom stereocenters. The second kappa shape index (κ2) is 11.7. The summed E-state index contributed by atoms with van der Waals surface area (Å²) in [5.41, 5.74) is 10.3. The van der Waals surface area contributed by atoms with Crippen LogP contribution in [-0.2, 0) is 27.2 Å². The van der Waals surface area contributed by atoms with Gasteiger partial charge in [-0.05, 0) is 52.6 Å².